The van der Waals surface area contributed by atoms with E-state index in [-0.39, 0.29) is 10.9 Å². The predicted octanol–water partition coefficient (Wildman–Crippen LogP) is 4.31. The van der Waals surface area contributed by atoms with E-state index in [4.69, 9.17) is 0 Å². The minimum Gasteiger partial charge on any atom is -0.324 e. The van der Waals surface area contributed by atoms with Crippen LogP contribution in [0.25, 0.3) is 21.7 Å². The van der Waals surface area contributed by atoms with Crippen LogP contribution in [0.15, 0.2) is 78.3 Å². The lowest BCUT2D eigenvalue weighted by Gasteiger charge is -2.16. The highest BCUT2D eigenvalue weighted by molar-refractivity contribution is 7.92. The van der Waals surface area contributed by atoms with E-state index in [0.717, 1.165) is 10.8 Å². The summed E-state index contributed by atoms with van der Waals surface area (Å²) in [5, 5.41) is 11.1. The second-order valence-electron chi connectivity index (χ2n) is 8.13. The molecule has 1 amide bonds. The molecule has 0 aliphatic heterocycles. The molecular weight excluding hydrogens is 436 g/mol. The van der Waals surface area contributed by atoms with Crippen LogP contribution < -0.4 is 5.32 Å². The average Bonchev–Trinajstić information content (AvgIpc) is 3.24. The molecule has 0 fully saturated rings. The average molecular weight is 463 g/mol. The minimum atomic E-state index is -3.90. The van der Waals surface area contributed by atoms with Gasteiger partial charge in [-0.05, 0) is 42.6 Å². The van der Waals surface area contributed by atoms with Crippen molar-refractivity contribution in [2.24, 2.45) is 0 Å². The van der Waals surface area contributed by atoms with Crippen molar-refractivity contribution in [3.8, 4) is 0 Å². The zero-order valence-corrected chi connectivity index (χ0v) is 19.4. The Morgan fingerprint density at radius 2 is 1.79 bits per heavy atom. The van der Waals surface area contributed by atoms with Gasteiger partial charge in [-0.15, -0.1) is 6.58 Å². The van der Waals surface area contributed by atoms with Crippen molar-refractivity contribution in [3.63, 3.8) is 0 Å². The zero-order chi connectivity index (χ0) is 23.6. The molecular formula is C25H26N4O3S. The van der Waals surface area contributed by atoms with Crippen LogP contribution in [-0.4, -0.2) is 50.1 Å². The van der Waals surface area contributed by atoms with E-state index in [1.54, 1.807) is 24.3 Å². The Kier molecular flexibility index (Phi) is 6.31. The van der Waals surface area contributed by atoms with Gasteiger partial charge in [-0.1, -0.05) is 54.6 Å². The lowest BCUT2D eigenvalue weighted by atomic mass is 10.0. The summed E-state index contributed by atoms with van der Waals surface area (Å²) in [4.78, 5) is 14.2. The van der Waals surface area contributed by atoms with Gasteiger partial charge in [-0.3, -0.25) is 9.89 Å². The molecule has 170 valence electrons. The van der Waals surface area contributed by atoms with Crippen LogP contribution in [-0.2, 0) is 14.6 Å². The number of benzene rings is 3. The smallest absolute Gasteiger partial charge is 0.225 e. The number of amides is 1. The molecule has 1 heterocycles. The number of aromatic amines is 1. The molecule has 4 aromatic rings. The first-order chi connectivity index (χ1) is 15.8. The number of aromatic nitrogens is 2. The first-order valence-corrected chi connectivity index (χ1v) is 12.1. The molecule has 3 aromatic carbocycles. The van der Waals surface area contributed by atoms with E-state index in [2.05, 4.69) is 22.1 Å². The third-order valence-electron chi connectivity index (χ3n) is 5.57. The van der Waals surface area contributed by atoms with E-state index >= 15 is 0 Å². The van der Waals surface area contributed by atoms with Crippen LogP contribution >= 0.6 is 0 Å². The molecule has 8 heteroatoms. The number of para-hydroxylation sites is 1. The quantitative estimate of drug-likeness (QED) is 0.381. The van der Waals surface area contributed by atoms with E-state index < -0.39 is 15.1 Å². The number of anilines is 1. The van der Waals surface area contributed by atoms with Crippen LogP contribution in [0.4, 0.5) is 5.69 Å². The fourth-order valence-corrected chi connectivity index (χ4v) is 5.61. The van der Waals surface area contributed by atoms with Crippen LogP contribution in [0, 0.1) is 0 Å². The number of nitrogens with zero attached hydrogens (tertiary/aromatic N) is 2. The van der Waals surface area contributed by atoms with E-state index in [0.29, 0.717) is 35.1 Å². The van der Waals surface area contributed by atoms with Crippen molar-refractivity contribution in [3.05, 3.63) is 78.9 Å². The third-order valence-corrected chi connectivity index (χ3v) is 7.57. The molecule has 0 aliphatic carbocycles. The fourth-order valence-electron chi connectivity index (χ4n) is 3.92. The van der Waals surface area contributed by atoms with E-state index in [1.807, 2.05) is 55.4 Å². The number of H-pyrrole nitrogens is 1. The van der Waals surface area contributed by atoms with Gasteiger partial charge in [0.25, 0.3) is 0 Å². The number of rotatable bonds is 8. The molecule has 1 unspecified atom stereocenters. The van der Waals surface area contributed by atoms with Gasteiger partial charge in [0.15, 0.2) is 5.03 Å². The number of sulfone groups is 1. The van der Waals surface area contributed by atoms with Gasteiger partial charge in [-0.2, -0.15) is 5.10 Å². The number of fused-ring (bicyclic) bond motifs is 2. The maximum Gasteiger partial charge on any atom is 0.225 e. The highest BCUT2D eigenvalue weighted by Crippen LogP contribution is 2.37. The SMILES string of the molecule is C=CC(c1cccc2ccccc12)S(=O)(=O)c1[nH]nc2c(NC(=O)CCN(C)C)cccc12. The summed E-state index contributed by atoms with van der Waals surface area (Å²) in [7, 11) is -0.114. The second-order valence-corrected chi connectivity index (χ2v) is 10.1. The summed E-state index contributed by atoms with van der Waals surface area (Å²) in [6, 6.07) is 18.4. The van der Waals surface area contributed by atoms with Gasteiger partial charge in [0.2, 0.25) is 15.7 Å². The van der Waals surface area contributed by atoms with Crippen molar-refractivity contribution in [1.82, 2.24) is 15.1 Å². The zero-order valence-electron chi connectivity index (χ0n) is 18.6. The van der Waals surface area contributed by atoms with Gasteiger partial charge in [-0.25, -0.2) is 8.42 Å². The molecule has 0 saturated carbocycles. The third kappa shape index (κ3) is 4.40. The van der Waals surface area contributed by atoms with Gasteiger partial charge in [0.1, 0.15) is 10.8 Å². The van der Waals surface area contributed by atoms with E-state index in [1.165, 1.54) is 6.08 Å². The van der Waals surface area contributed by atoms with Gasteiger partial charge >= 0.3 is 0 Å². The Morgan fingerprint density at radius 1 is 1.09 bits per heavy atom. The van der Waals surface area contributed by atoms with Crippen LogP contribution in [0.3, 0.4) is 0 Å². The minimum absolute atomic E-state index is 0.000255. The Bertz CT molecular complexity index is 1440. The molecule has 4 rings (SSSR count). The summed E-state index contributed by atoms with van der Waals surface area (Å²) in [6.45, 7) is 4.42. The molecule has 33 heavy (non-hydrogen) atoms. The molecule has 0 radical (unpaired) electrons. The molecule has 0 saturated heterocycles. The molecule has 7 nitrogen and oxygen atoms in total. The van der Waals surface area contributed by atoms with Crippen LogP contribution in [0.2, 0.25) is 0 Å². The number of hydrogen-bond acceptors (Lipinski definition) is 5. The number of carbonyl (C=O) groups excluding carboxylic acids is 1. The monoisotopic (exact) mass is 462 g/mol. The molecule has 0 spiro atoms. The maximum absolute atomic E-state index is 13.8. The van der Waals surface area contributed by atoms with Gasteiger partial charge in [0.05, 0.1) is 5.69 Å². The topological polar surface area (TPSA) is 95.2 Å². The van der Waals surface area contributed by atoms with Crippen molar-refractivity contribution >= 4 is 43.1 Å². The van der Waals surface area contributed by atoms with Crippen molar-refractivity contribution in [2.75, 3.05) is 26.0 Å². The Balaban J connectivity index is 1.75. The summed E-state index contributed by atoms with van der Waals surface area (Å²) in [5.74, 6) is -0.164. The lowest BCUT2D eigenvalue weighted by Crippen LogP contribution is -2.20. The largest absolute Gasteiger partial charge is 0.324 e. The Hall–Kier alpha value is -3.49. The van der Waals surface area contributed by atoms with Crippen LogP contribution in [0.1, 0.15) is 17.2 Å². The molecule has 0 aliphatic rings. The molecule has 0 bridgehead atoms. The normalized spacial score (nSPS) is 12.8. The van der Waals surface area contributed by atoms with Crippen molar-refractivity contribution in [1.29, 1.82) is 0 Å². The number of carbonyl (C=O) groups is 1. The van der Waals surface area contributed by atoms with Crippen molar-refractivity contribution in [2.45, 2.75) is 16.7 Å². The summed E-state index contributed by atoms with van der Waals surface area (Å²) < 4.78 is 27.5. The fraction of sp³-hybridized carbons (Fsp3) is 0.200. The maximum atomic E-state index is 13.8. The first kappa shape index (κ1) is 22.7. The number of nitrogens with one attached hydrogen (secondary N) is 2. The Labute approximate surface area is 193 Å². The van der Waals surface area contributed by atoms with Gasteiger partial charge < -0.3 is 10.2 Å². The first-order valence-electron chi connectivity index (χ1n) is 10.6. The Morgan fingerprint density at radius 3 is 2.55 bits per heavy atom. The second kappa shape index (κ2) is 9.17. The predicted molar refractivity (Wildman–Crippen MR) is 132 cm³/mol. The standard InChI is InChI=1S/C25H26N4O3S/c1-4-22(19-12-7-10-17-9-5-6-11-18(17)19)33(31,32)25-20-13-8-14-21(24(20)27-28-25)26-23(30)15-16-29(2)3/h4-14,22H,1,15-16H2,2-3H3,(H,26,30)(H,27,28). The molecule has 1 aromatic heterocycles. The highest BCUT2D eigenvalue weighted by Gasteiger charge is 2.31. The lowest BCUT2D eigenvalue weighted by molar-refractivity contribution is -0.116. The van der Waals surface area contributed by atoms with E-state index in [9.17, 15) is 13.2 Å². The van der Waals surface area contributed by atoms with Crippen LogP contribution in [0.5, 0.6) is 0 Å². The summed E-state index contributed by atoms with van der Waals surface area (Å²) >= 11 is 0. The number of hydrogen-bond donors (Lipinski definition) is 2. The van der Waals surface area contributed by atoms with Crippen molar-refractivity contribution < 1.29 is 13.2 Å². The molecule has 2 N–H and O–H groups in total. The van der Waals surface area contributed by atoms with Gasteiger partial charge in [0, 0.05) is 18.4 Å². The summed E-state index contributed by atoms with van der Waals surface area (Å²) in [5.41, 5.74) is 1.52. The molecule has 1 atom stereocenters. The highest BCUT2D eigenvalue weighted by atomic mass is 32.2. The summed E-state index contributed by atoms with van der Waals surface area (Å²) in [6.07, 6.45) is 1.76.